The van der Waals surface area contributed by atoms with Crippen molar-refractivity contribution in [2.24, 2.45) is 0 Å². The Morgan fingerprint density at radius 2 is 1.67 bits per heavy atom. The number of carbonyl (C=O) groups excluding carboxylic acids is 1. The molecule has 4 heteroatoms. The summed E-state index contributed by atoms with van der Waals surface area (Å²) >= 11 is 0. The second-order valence-electron chi connectivity index (χ2n) is 4.35. The third-order valence-electron chi connectivity index (χ3n) is 2.05. The maximum absolute atomic E-state index is 11.0. The van der Waals surface area contributed by atoms with Gasteiger partial charge < -0.3 is 9.90 Å². The van der Waals surface area contributed by atoms with E-state index in [0.29, 0.717) is 5.69 Å². The fraction of sp³-hybridized carbons (Fsp3) is 0.364. The Kier molecular flexibility index (Phi) is 3.00. The van der Waals surface area contributed by atoms with Gasteiger partial charge in [-0.1, -0.05) is 17.7 Å². The van der Waals surface area contributed by atoms with Gasteiger partial charge in [-0.3, -0.25) is 0 Å². The zero-order valence-corrected chi connectivity index (χ0v) is 9.52. The van der Waals surface area contributed by atoms with E-state index in [0.717, 1.165) is 5.56 Å². The van der Waals surface area contributed by atoms with Crippen molar-refractivity contribution in [3.05, 3.63) is 29.8 Å². The topological polar surface area (TPSA) is 43.4 Å². The summed E-state index contributed by atoms with van der Waals surface area (Å²) in [5.41, 5.74) is 1.71. The van der Waals surface area contributed by atoms with Crippen molar-refractivity contribution in [2.45, 2.75) is 6.92 Å². The average Bonchev–Trinajstić information content (AvgIpc) is 2.05. The van der Waals surface area contributed by atoms with Crippen molar-refractivity contribution in [3.63, 3.8) is 0 Å². The van der Waals surface area contributed by atoms with Gasteiger partial charge in [0, 0.05) is 0 Å². The van der Waals surface area contributed by atoms with Crippen molar-refractivity contribution in [1.82, 2.24) is 0 Å². The Morgan fingerprint density at radius 3 is 2.00 bits per heavy atom. The van der Waals surface area contributed by atoms with Gasteiger partial charge >= 0.3 is 0 Å². The summed E-state index contributed by atoms with van der Waals surface area (Å²) in [4.78, 5) is 11.0. The molecule has 82 valence electrons. The van der Waals surface area contributed by atoms with Crippen LogP contribution in [0.4, 0.5) is 10.5 Å². The van der Waals surface area contributed by atoms with Crippen LogP contribution in [0, 0.1) is 6.92 Å². The molecule has 0 radical (unpaired) electrons. The summed E-state index contributed by atoms with van der Waals surface area (Å²) in [6.07, 6.45) is -1.20. The fourth-order valence-electron chi connectivity index (χ4n) is 1.38. The molecule has 0 saturated carbocycles. The number of nitrogens with zero attached hydrogens (tertiary/aromatic N) is 2. The van der Waals surface area contributed by atoms with Gasteiger partial charge in [0.2, 0.25) is 0 Å². The summed E-state index contributed by atoms with van der Waals surface area (Å²) in [7, 11) is 5.32. The zero-order chi connectivity index (χ0) is 11.6. The first-order valence-electron chi connectivity index (χ1n) is 4.72. The largest absolute Gasteiger partial charge is 0.526 e. The molecule has 1 rings (SSSR count). The summed E-state index contributed by atoms with van der Waals surface area (Å²) in [5, 5.41) is 12.2. The molecule has 0 heterocycles. The summed E-state index contributed by atoms with van der Waals surface area (Å²) in [6, 6.07) is 7.30. The average molecular weight is 208 g/mol. The molecular weight excluding hydrogens is 192 g/mol. The maximum Gasteiger partial charge on any atom is 0.195 e. The van der Waals surface area contributed by atoms with E-state index in [-0.39, 0.29) is 4.59 Å². The first-order valence-corrected chi connectivity index (χ1v) is 4.72. The quantitative estimate of drug-likeness (QED) is 0.532. The highest BCUT2D eigenvalue weighted by Gasteiger charge is 2.22. The van der Waals surface area contributed by atoms with E-state index in [2.05, 4.69) is 0 Å². The second-order valence-corrected chi connectivity index (χ2v) is 4.35. The van der Waals surface area contributed by atoms with Gasteiger partial charge in [0.1, 0.15) is 0 Å². The first-order chi connectivity index (χ1) is 6.82. The minimum atomic E-state index is -1.20. The molecule has 15 heavy (non-hydrogen) atoms. The van der Waals surface area contributed by atoms with Crippen LogP contribution in [0.1, 0.15) is 5.56 Å². The molecule has 0 aliphatic heterocycles. The molecule has 1 aromatic carbocycles. The van der Waals surface area contributed by atoms with Gasteiger partial charge in [0.15, 0.2) is 6.09 Å². The number of carbonyl (C=O) groups is 1. The summed E-state index contributed by atoms with van der Waals surface area (Å²) in [5.74, 6) is 0. The molecule has 0 unspecified atom stereocenters. The Bertz CT molecular complexity index is 352. The Balaban J connectivity index is 3.11. The number of aryl methyl sites for hydroxylation is 1. The van der Waals surface area contributed by atoms with Crippen LogP contribution in [0.25, 0.3) is 0 Å². The Hall–Kier alpha value is -1.55. The van der Waals surface area contributed by atoms with Crippen LogP contribution in [-0.4, -0.2) is 31.8 Å². The smallest absolute Gasteiger partial charge is 0.195 e. The number of hydrogen-bond donors (Lipinski definition) is 0. The molecule has 1 aromatic rings. The SMILES string of the molecule is Cc1ccc(N(C(=O)[O-])[N+](C)(C)C)cc1. The number of amides is 1. The molecule has 0 saturated heterocycles. The van der Waals surface area contributed by atoms with Gasteiger partial charge in [0.05, 0.1) is 26.8 Å². The van der Waals surface area contributed by atoms with E-state index >= 15 is 0 Å². The van der Waals surface area contributed by atoms with Gasteiger partial charge in [-0.15, -0.1) is 0 Å². The lowest BCUT2D eigenvalue weighted by Gasteiger charge is -2.37. The molecular formula is C11H16N2O2. The van der Waals surface area contributed by atoms with E-state index in [1.165, 1.54) is 5.01 Å². The van der Waals surface area contributed by atoms with Gasteiger partial charge in [0.25, 0.3) is 0 Å². The lowest BCUT2D eigenvalue weighted by molar-refractivity contribution is -0.874. The second kappa shape index (κ2) is 3.90. The predicted molar refractivity (Wildman–Crippen MR) is 57.1 cm³/mol. The Morgan fingerprint density at radius 1 is 1.20 bits per heavy atom. The summed E-state index contributed by atoms with van der Waals surface area (Å²) < 4.78 is 0.158. The maximum atomic E-state index is 11.0. The van der Waals surface area contributed by atoms with Gasteiger partial charge in [-0.25, -0.2) is 4.59 Å². The van der Waals surface area contributed by atoms with Crippen molar-refractivity contribution < 1.29 is 14.5 Å². The molecule has 0 aliphatic carbocycles. The lowest BCUT2D eigenvalue weighted by Crippen LogP contribution is -2.59. The van der Waals surface area contributed by atoms with Crippen molar-refractivity contribution in [3.8, 4) is 0 Å². The predicted octanol–water partition coefficient (Wildman–Crippen LogP) is 0.766. The highest BCUT2D eigenvalue weighted by molar-refractivity contribution is 5.81. The van der Waals surface area contributed by atoms with Gasteiger partial charge in [-0.05, 0) is 19.1 Å². The van der Waals surface area contributed by atoms with E-state index in [1.54, 1.807) is 33.3 Å². The van der Waals surface area contributed by atoms with Gasteiger partial charge in [-0.2, -0.15) is 5.01 Å². The molecule has 0 aliphatic rings. The molecule has 0 bridgehead atoms. The first kappa shape index (κ1) is 11.5. The monoisotopic (exact) mass is 208 g/mol. The van der Waals surface area contributed by atoms with Crippen LogP contribution in [0.5, 0.6) is 0 Å². The molecule has 4 nitrogen and oxygen atoms in total. The number of anilines is 1. The van der Waals surface area contributed by atoms with Crippen LogP contribution in [0.3, 0.4) is 0 Å². The van der Waals surface area contributed by atoms with Crippen LogP contribution in [0.2, 0.25) is 0 Å². The number of carboxylic acid groups (broad SMARTS) is 1. The minimum absolute atomic E-state index is 0.158. The minimum Gasteiger partial charge on any atom is -0.526 e. The fourth-order valence-corrected chi connectivity index (χ4v) is 1.38. The number of benzene rings is 1. The number of hydrogen-bond acceptors (Lipinski definition) is 2. The van der Waals surface area contributed by atoms with E-state index in [4.69, 9.17) is 0 Å². The standard InChI is InChI=1S/C11H16N2O2/c1-9-5-7-10(8-6-9)12(11(14)15)13(2,3)4/h5-8H,1-4H3. The number of quaternary nitrogens is 1. The van der Waals surface area contributed by atoms with E-state index in [9.17, 15) is 9.90 Å². The molecule has 0 fully saturated rings. The van der Waals surface area contributed by atoms with Crippen LogP contribution in [-0.2, 0) is 0 Å². The molecule has 1 amide bonds. The third kappa shape index (κ3) is 2.70. The molecule has 0 aromatic heterocycles. The zero-order valence-electron chi connectivity index (χ0n) is 9.52. The molecule has 0 N–H and O–H groups in total. The molecule has 0 spiro atoms. The van der Waals surface area contributed by atoms with Crippen molar-refractivity contribution in [2.75, 3.05) is 26.2 Å². The third-order valence-corrected chi connectivity index (χ3v) is 2.05. The lowest BCUT2D eigenvalue weighted by atomic mass is 10.2. The highest BCUT2D eigenvalue weighted by atomic mass is 16.4. The number of rotatable bonds is 2. The summed E-state index contributed by atoms with van der Waals surface area (Å²) in [6.45, 7) is 1.96. The Labute approximate surface area is 89.9 Å². The van der Waals surface area contributed by atoms with Crippen LogP contribution >= 0.6 is 0 Å². The van der Waals surface area contributed by atoms with Crippen LogP contribution < -0.4 is 10.1 Å². The normalized spacial score (nSPS) is 11.2. The molecule has 0 atom stereocenters. The van der Waals surface area contributed by atoms with Crippen LogP contribution in [0.15, 0.2) is 24.3 Å². The highest BCUT2D eigenvalue weighted by Crippen LogP contribution is 2.18. The van der Waals surface area contributed by atoms with Crippen molar-refractivity contribution in [1.29, 1.82) is 0 Å². The van der Waals surface area contributed by atoms with E-state index in [1.807, 2.05) is 19.1 Å². The van der Waals surface area contributed by atoms with Crippen molar-refractivity contribution >= 4 is 11.8 Å². The van der Waals surface area contributed by atoms with E-state index < -0.39 is 6.09 Å².